The molecule has 0 aliphatic heterocycles. The van der Waals surface area contributed by atoms with E-state index < -0.39 is 0 Å². The summed E-state index contributed by atoms with van der Waals surface area (Å²) in [7, 11) is 0. The van der Waals surface area contributed by atoms with Crippen LogP contribution in [0.15, 0.2) is 54.1 Å². The highest BCUT2D eigenvalue weighted by molar-refractivity contribution is 5.91. The van der Waals surface area contributed by atoms with Crippen LogP contribution < -0.4 is 0 Å². The van der Waals surface area contributed by atoms with E-state index in [1.165, 1.54) is 30.4 Å². The number of fused-ring (bicyclic) bond motifs is 5. The second kappa shape index (κ2) is 9.86. The smallest absolute Gasteiger partial charge is 0.155 e. The Bertz CT molecular complexity index is 1350. The summed E-state index contributed by atoms with van der Waals surface area (Å²) in [6, 6.07) is 13.8. The predicted molar refractivity (Wildman–Crippen MR) is 149 cm³/mol. The summed E-state index contributed by atoms with van der Waals surface area (Å²) in [5.74, 6) is 2.94. The van der Waals surface area contributed by atoms with Crippen molar-refractivity contribution in [2.75, 3.05) is 6.61 Å². The van der Waals surface area contributed by atoms with Gasteiger partial charge in [0.15, 0.2) is 5.78 Å². The van der Waals surface area contributed by atoms with Gasteiger partial charge in [0.1, 0.15) is 5.75 Å². The fourth-order valence-corrected chi connectivity index (χ4v) is 8.99. The summed E-state index contributed by atoms with van der Waals surface area (Å²) in [4.78, 5) is 12.4. The molecule has 2 N–H and O–H groups in total. The minimum atomic E-state index is -0.0815. The molecule has 0 saturated heterocycles. The summed E-state index contributed by atoms with van der Waals surface area (Å²) in [6.45, 7) is 2.42. The zero-order valence-electron chi connectivity index (χ0n) is 22.2. The molecule has 4 heteroatoms. The third-order valence-electron chi connectivity index (χ3n) is 10.4. The van der Waals surface area contributed by atoms with Crippen molar-refractivity contribution in [3.63, 3.8) is 0 Å². The topological polar surface area (TPSA) is 81.3 Å². The van der Waals surface area contributed by atoms with Crippen LogP contribution in [0.2, 0.25) is 0 Å². The molecule has 3 unspecified atom stereocenters. The second-order valence-corrected chi connectivity index (χ2v) is 12.3. The minimum Gasteiger partial charge on any atom is -0.508 e. The molecule has 3 fully saturated rings. The van der Waals surface area contributed by atoms with Gasteiger partial charge in [0.2, 0.25) is 0 Å². The van der Waals surface area contributed by atoms with Crippen LogP contribution in [0.4, 0.5) is 0 Å². The predicted octanol–water partition coefficient (Wildman–Crippen LogP) is 7.16. The number of phenols is 1. The second-order valence-electron chi connectivity index (χ2n) is 12.3. The molecule has 38 heavy (non-hydrogen) atoms. The van der Waals surface area contributed by atoms with Crippen molar-refractivity contribution in [3.8, 4) is 22.9 Å². The number of allylic oxidation sites excluding steroid dienone is 1. The van der Waals surface area contributed by atoms with E-state index in [9.17, 15) is 20.3 Å². The van der Waals surface area contributed by atoms with Gasteiger partial charge in [-0.3, -0.25) is 4.79 Å². The van der Waals surface area contributed by atoms with Gasteiger partial charge in [-0.05, 0) is 120 Å². The first-order valence-electron chi connectivity index (χ1n) is 14.3. The normalized spacial score (nSPS) is 32.3. The van der Waals surface area contributed by atoms with Crippen molar-refractivity contribution >= 4 is 11.9 Å². The number of nitriles is 1. The van der Waals surface area contributed by atoms with Crippen LogP contribution in [-0.4, -0.2) is 22.6 Å². The van der Waals surface area contributed by atoms with E-state index in [4.69, 9.17) is 0 Å². The molecule has 0 amide bonds. The lowest BCUT2D eigenvalue weighted by Gasteiger charge is -2.57. The van der Waals surface area contributed by atoms with Crippen LogP contribution in [0.25, 0.3) is 17.2 Å². The van der Waals surface area contributed by atoms with Gasteiger partial charge < -0.3 is 10.2 Å². The Kier molecular flexibility index (Phi) is 6.52. The molecular formula is C34H37NO3. The number of hydrogen-bond acceptors (Lipinski definition) is 4. The molecule has 4 nitrogen and oxygen atoms in total. The lowest BCUT2D eigenvalue weighted by molar-refractivity contribution is -0.116. The van der Waals surface area contributed by atoms with Gasteiger partial charge in [-0.25, -0.2) is 0 Å². The average Bonchev–Trinajstić information content (AvgIpc) is 3.32. The summed E-state index contributed by atoms with van der Waals surface area (Å²) in [5, 5.41) is 29.9. The molecule has 6 atom stereocenters. The molecule has 2 aromatic carbocycles. The van der Waals surface area contributed by atoms with Crippen molar-refractivity contribution in [2.24, 2.45) is 29.1 Å². The number of phenolic OH excluding ortho intramolecular Hbond substituents is 1. The van der Waals surface area contributed by atoms with Crippen molar-refractivity contribution < 1.29 is 15.0 Å². The number of aliphatic hydroxyl groups excluding tert-OH is 1. The van der Waals surface area contributed by atoms with Crippen LogP contribution in [0.5, 0.6) is 5.75 Å². The van der Waals surface area contributed by atoms with E-state index in [-0.39, 0.29) is 29.5 Å². The molecule has 3 saturated carbocycles. The highest BCUT2D eigenvalue weighted by Crippen LogP contribution is 2.66. The number of ketones is 1. The number of aliphatic hydroxyl groups is 1. The fraction of sp³-hybridized carbons (Fsp3) is 0.471. The number of benzene rings is 2. The number of hydrogen-bond donors (Lipinski definition) is 2. The molecule has 196 valence electrons. The Morgan fingerprint density at radius 1 is 1.08 bits per heavy atom. The van der Waals surface area contributed by atoms with Gasteiger partial charge in [-0.1, -0.05) is 49.3 Å². The Morgan fingerprint density at radius 3 is 2.66 bits per heavy atom. The molecule has 6 rings (SSSR count). The Balaban J connectivity index is 1.60. The van der Waals surface area contributed by atoms with Gasteiger partial charge in [0.05, 0.1) is 18.2 Å². The van der Waals surface area contributed by atoms with Gasteiger partial charge in [-0.2, -0.15) is 5.26 Å². The number of aromatic hydroxyl groups is 1. The van der Waals surface area contributed by atoms with E-state index in [1.54, 1.807) is 18.2 Å². The summed E-state index contributed by atoms with van der Waals surface area (Å²) in [5.41, 5.74) is 6.51. The standard InChI is InChI=1S/C34H37NO3/c1-34-16-2-5-31(34)29-14-8-22-18-25(38)12-15-28(22)33(29)30(19-34)32-26(4-3-17-36)23(20-35)9-13-27(32)21-6-10-24(37)11-7-21/h3-4,6-7,9-11,13,18,28-31,33,36-37H,2,5,8,12,14-17,19H2,1H3/b4-3-/t28?,29?,30-,31-,33?,34+/m1/s1. The molecule has 0 bridgehead atoms. The Morgan fingerprint density at radius 2 is 1.89 bits per heavy atom. The first-order chi connectivity index (χ1) is 18.4. The monoisotopic (exact) mass is 507 g/mol. The zero-order chi connectivity index (χ0) is 26.4. The van der Waals surface area contributed by atoms with Crippen LogP contribution in [0.1, 0.15) is 80.9 Å². The number of rotatable bonds is 4. The molecule has 0 radical (unpaired) electrons. The summed E-state index contributed by atoms with van der Waals surface area (Å²) >= 11 is 0. The van der Waals surface area contributed by atoms with Crippen LogP contribution >= 0.6 is 0 Å². The SMILES string of the molecule is C[C@@]12CCC[C@@H]1C1CCC3=CC(=O)CCC3C1[C@@H](c1c(-c3ccc(O)cc3)ccc(C#N)c1/C=C\CO)C2. The van der Waals surface area contributed by atoms with E-state index in [1.807, 2.05) is 30.4 Å². The Labute approximate surface area is 225 Å². The molecule has 4 aliphatic carbocycles. The van der Waals surface area contributed by atoms with E-state index in [2.05, 4.69) is 19.1 Å². The first-order valence-corrected chi connectivity index (χ1v) is 14.3. The maximum atomic E-state index is 12.4. The summed E-state index contributed by atoms with van der Waals surface area (Å²) < 4.78 is 0. The molecule has 2 aromatic rings. The summed E-state index contributed by atoms with van der Waals surface area (Å²) in [6.07, 6.45) is 14.3. The molecule has 0 aromatic heterocycles. The van der Waals surface area contributed by atoms with Crippen molar-refractivity contribution in [1.29, 1.82) is 5.26 Å². The number of carbonyl (C=O) groups is 1. The van der Waals surface area contributed by atoms with Gasteiger partial charge in [-0.15, -0.1) is 0 Å². The molecule has 4 aliphatic rings. The average molecular weight is 508 g/mol. The highest BCUT2D eigenvalue weighted by Gasteiger charge is 2.56. The van der Waals surface area contributed by atoms with E-state index in [0.29, 0.717) is 29.7 Å². The highest BCUT2D eigenvalue weighted by atomic mass is 16.3. The van der Waals surface area contributed by atoms with Gasteiger partial charge >= 0.3 is 0 Å². The van der Waals surface area contributed by atoms with Crippen molar-refractivity contribution in [3.05, 3.63) is 70.8 Å². The van der Waals surface area contributed by atoms with Crippen LogP contribution in [0.3, 0.4) is 0 Å². The quantitative estimate of drug-likeness (QED) is 0.460. The van der Waals surface area contributed by atoms with Crippen molar-refractivity contribution in [1.82, 2.24) is 0 Å². The third-order valence-corrected chi connectivity index (χ3v) is 10.4. The third kappa shape index (κ3) is 4.12. The zero-order valence-corrected chi connectivity index (χ0v) is 22.2. The lowest BCUT2D eigenvalue weighted by Crippen LogP contribution is -2.48. The maximum Gasteiger partial charge on any atom is 0.155 e. The maximum absolute atomic E-state index is 12.4. The largest absolute Gasteiger partial charge is 0.508 e. The van der Waals surface area contributed by atoms with Gasteiger partial charge in [0, 0.05) is 6.42 Å². The Hall–Kier alpha value is -3.16. The van der Waals surface area contributed by atoms with Crippen LogP contribution in [0, 0.1) is 40.4 Å². The number of carbonyl (C=O) groups excluding carboxylic acids is 1. The van der Waals surface area contributed by atoms with Crippen molar-refractivity contribution in [2.45, 2.75) is 64.2 Å². The molecular weight excluding hydrogens is 470 g/mol. The van der Waals surface area contributed by atoms with Crippen LogP contribution in [-0.2, 0) is 4.79 Å². The van der Waals surface area contributed by atoms with E-state index in [0.717, 1.165) is 48.3 Å². The molecule has 0 heterocycles. The van der Waals surface area contributed by atoms with Gasteiger partial charge in [0.25, 0.3) is 0 Å². The first kappa shape index (κ1) is 25.1. The minimum absolute atomic E-state index is 0.0815. The van der Waals surface area contributed by atoms with E-state index >= 15 is 0 Å². The number of nitrogens with zero attached hydrogens (tertiary/aromatic N) is 1. The fourth-order valence-electron chi connectivity index (χ4n) is 8.99. The lowest BCUT2D eigenvalue weighted by atomic mass is 9.47. The molecule has 0 spiro atoms.